The van der Waals surface area contributed by atoms with Crippen LogP contribution < -0.4 is 11.5 Å². The second-order valence-electron chi connectivity index (χ2n) is 3.25. The number of hydrogen-bond donors (Lipinski definition) is 2. The van der Waals surface area contributed by atoms with E-state index in [9.17, 15) is 0 Å². The fraction of sp³-hybridized carbons (Fsp3) is 0. The van der Waals surface area contributed by atoms with Gasteiger partial charge in [0.1, 0.15) is 0 Å². The van der Waals surface area contributed by atoms with Gasteiger partial charge in [-0.2, -0.15) is 5.10 Å². The van der Waals surface area contributed by atoms with Crippen molar-refractivity contribution in [1.82, 2.24) is 10.3 Å². The zero-order chi connectivity index (χ0) is 13.0. The van der Waals surface area contributed by atoms with Gasteiger partial charge in [0.2, 0.25) is 0 Å². The van der Waals surface area contributed by atoms with Gasteiger partial charge in [-0.05, 0) is 16.4 Å². The summed E-state index contributed by atoms with van der Waals surface area (Å²) in [5, 5.41) is 14.9. The van der Waals surface area contributed by atoms with E-state index in [2.05, 4.69) is 25.1 Å². The third-order valence-electron chi connectivity index (χ3n) is 2.02. The molecule has 18 heavy (non-hydrogen) atoms. The number of rotatable bonds is 3. The number of aromatic nitrogens is 2. The van der Waals surface area contributed by atoms with Crippen molar-refractivity contribution < 1.29 is 4.63 Å². The molecule has 0 radical (unpaired) electrons. The van der Waals surface area contributed by atoms with Gasteiger partial charge in [-0.1, -0.05) is 29.8 Å². The van der Waals surface area contributed by atoms with Crippen LogP contribution in [0.5, 0.6) is 0 Å². The van der Waals surface area contributed by atoms with E-state index in [1.54, 1.807) is 12.1 Å². The van der Waals surface area contributed by atoms with Gasteiger partial charge < -0.3 is 11.5 Å². The number of hydrogen-bond acceptors (Lipinski definition) is 6. The highest BCUT2D eigenvalue weighted by Crippen LogP contribution is 2.12. The molecule has 0 spiro atoms. The Bertz CT molecular complexity index is 606. The van der Waals surface area contributed by atoms with Crippen LogP contribution in [-0.4, -0.2) is 22.4 Å². The maximum absolute atomic E-state index is 5.94. The molecule has 0 aliphatic carbocycles. The zero-order valence-corrected chi connectivity index (χ0v) is 9.87. The number of nitrogens with zero attached hydrogens (tertiary/aromatic N) is 4. The third kappa shape index (κ3) is 2.64. The molecule has 2 rings (SSSR count). The number of halogens is 1. The van der Waals surface area contributed by atoms with Crippen LogP contribution in [0.1, 0.15) is 11.3 Å². The average Bonchev–Trinajstić information content (AvgIpc) is 2.78. The molecule has 8 heteroatoms. The van der Waals surface area contributed by atoms with Crippen LogP contribution in [-0.2, 0) is 0 Å². The van der Waals surface area contributed by atoms with E-state index in [-0.39, 0.29) is 17.3 Å². The average molecular weight is 265 g/mol. The van der Waals surface area contributed by atoms with Gasteiger partial charge in [0.15, 0.2) is 17.3 Å². The molecule has 92 valence electrons. The van der Waals surface area contributed by atoms with Crippen molar-refractivity contribution in [3.63, 3.8) is 0 Å². The molecule has 0 amide bonds. The molecule has 7 nitrogen and oxygen atoms in total. The van der Waals surface area contributed by atoms with Crippen LogP contribution in [0.3, 0.4) is 0 Å². The number of amidine groups is 1. The van der Waals surface area contributed by atoms with Gasteiger partial charge in [-0.3, -0.25) is 0 Å². The normalized spacial score (nSPS) is 12.2. The molecule has 4 N–H and O–H groups in total. The fourth-order valence-corrected chi connectivity index (χ4v) is 1.34. The van der Waals surface area contributed by atoms with Gasteiger partial charge in [-0.15, -0.1) is 5.10 Å². The summed E-state index contributed by atoms with van der Waals surface area (Å²) in [6.45, 7) is 0. The van der Waals surface area contributed by atoms with E-state index in [1.165, 1.54) is 6.21 Å². The van der Waals surface area contributed by atoms with Gasteiger partial charge in [0.05, 0.1) is 6.21 Å². The van der Waals surface area contributed by atoms with Crippen LogP contribution in [0.15, 0.2) is 39.1 Å². The maximum Gasteiger partial charge on any atom is 0.199 e. The van der Waals surface area contributed by atoms with Crippen LogP contribution in [0.2, 0.25) is 5.02 Å². The first-order valence-corrected chi connectivity index (χ1v) is 5.25. The van der Waals surface area contributed by atoms with Gasteiger partial charge >= 0.3 is 0 Å². The minimum absolute atomic E-state index is 0.0112. The summed E-state index contributed by atoms with van der Waals surface area (Å²) in [5.41, 5.74) is 11.9. The van der Waals surface area contributed by atoms with E-state index in [0.717, 1.165) is 5.56 Å². The van der Waals surface area contributed by atoms with Crippen molar-refractivity contribution >= 4 is 29.5 Å². The quantitative estimate of drug-likeness (QED) is 0.488. The highest BCUT2D eigenvalue weighted by molar-refractivity contribution is 6.33. The first-order chi connectivity index (χ1) is 8.68. The van der Waals surface area contributed by atoms with E-state index >= 15 is 0 Å². The van der Waals surface area contributed by atoms with E-state index in [1.807, 2.05) is 12.1 Å². The highest BCUT2D eigenvalue weighted by Gasteiger charge is 2.09. The summed E-state index contributed by atoms with van der Waals surface area (Å²) in [6.07, 6.45) is 1.47. The molecule has 1 heterocycles. The lowest BCUT2D eigenvalue weighted by Gasteiger charge is -1.94. The second kappa shape index (κ2) is 5.28. The molecule has 1 aromatic carbocycles. The van der Waals surface area contributed by atoms with E-state index < -0.39 is 0 Å². The van der Waals surface area contributed by atoms with Crippen LogP contribution in [0, 0.1) is 0 Å². The molecule has 0 atom stereocenters. The lowest BCUT2D eigenvalue weighted by Crippen LogP contribution is -2.15. The summed E-state index contributed by atoms with van der Waals surface area (Å²) in [7, 11) is 0. The maximum atomic E-state index is 5.94. The Hall–Kier alpha value is -2.41. The Morgan fingerprint density at radius 2 is 2.11 bits per heavy atom. The first kappa shape index (κ1) is 12.1. The SMILES string of the molecule is NC(=NN=Cc1ccccc1Cl)c1nonc1N. The van der Waals surface area contributed by atoms with Crippen LogP contribution >= 0.6 is 11.6 Å². The van der Waals surface area contributed by atoms with Crippen molar-refractivity contribution in [2.45, 2.75) is 0 Å². The summed E-state index contributed by atoms with van der Waals surface area (Å²) >= 11 is 5.94. The minimum Gasteiger partial charge on any atom is -0.380 e. The Morgan fingerprint density at radius 3 is 2.78 bits per heavy atom. The predicted molar refractivity (Wildman–Crippen MR) is 68.5 cm³/mol. The third-order valence-corrected chi connectivity index (χ3v) is 2.37. The Balaban J connectivity index is 2.16. The number of anilines is 1. The fourth-order valence-electron chi connectivity index (χ4n) is 1.15. The minimum atomic E-state index is 0.0112. The molecule has 0 aliphatic rings. The van der Waals surface area contributed by atoms with Crippen molar-refractivity contribution in [2.75, 3.05) is 5.73 Å². The zero-order valence-electron chi connectivity index (χ0n) is 9.12. The molecule has 0 aliphatic heterocycles. The van der Waals surface area contributed by atoms with E-state index in [0.29, 0.717) is 5.02 Å². The van der Waals surface area contributed by atoms with E-state index in [4.69, 9.17) is 23.1 Å². The van der Waals surface area contributed by atoms with Crippen LogP contribution in [0.4, 0.5) is 5.82 Å². The molecule has 0 saturated carbocycles. The van der Waals surface area contributed by atoms with Gasteiger partial charge in [0, 0.05) is 10.6 Å². The van der Waals surface area contributed by atoms with Crippen molar-refractivity contribution in [3.05, 3.63) is 40.5 Å². The molecule has 0 fully saturated rings. The standard InChI is InChI=1S/C10H9ClN6O/c11-7-4-2-1-3-6(7)5-14-15-9(12)8-10(13)17-18-16-8/h1-5H,(H2,12,15)(H2,13,17). The second-order valence-corrected chi connectivity index (χ2v) is 3.66. The first-order valence-electron chi connectivity index (χ1n) is 4.88. The summed E-state index contributed by atoms with van der Waals surface area (Å²) in [4.78, 5) is 0. The topological polar surface area (TPSA) is 116 Å². The summed E-state index contributed by atoms with van der Waals surface area (Å²) in [5.74, 6) is 0.0706. The smallest absolute Gasteiger partial charge is 0.199 e. The number of nitrogens with two attached hydrogens (primary N) is 2. The molecule has 0 unspecified atom stereocenters. The highest BCUT2D eigenvalue weighted by atomic mass is 35.5. The summed E-state index contributed by atoms with van der Waals surface area (Å²) in [6, 6.07) is 7.19. The lowest BCUT2D eigenvalue weighted by molar-refractivity contribution is 0.308. The van der Waals surface area contributed by atoms with Crippen molar-refractivity contribution in [3.8, 4) is 0 Å². The Morgan fingerprint density at radius 1 is 1.33 bits per heavy atom. The van der Waals surface area contributed by atoms with Crippen molar-refractivity contribution in [1.29, 1.82) is 0 Å². The molecular formula is C10H9ClN6O. The predicted octanol–water partition coefficient (Wildman–Crippen LogP) is 1.04. The van der Waals surface area contributed by atoms with Crippen LogP contribution in [0.25, 0.3) is 0 Å². The lowest BCUT2D eigenvalue weighted by atomic mass is 10.2. The number of benzene rings is 1. The summed E-state index contributed by atoms with van der Waals surface area (Å²) < 4.78 is 4.39. The van der Waals surface area contributed by atoms with Gasteiger partial charge in [0.25, 0.3) is 0 Å². The molecule has 0 bridgehead atoms. The molecule has 0 saturated heterocycles. The van der Waals surface area contributed by atoms with Crippen molar-refractivity contribution in [2.24, 2.45) is 15.9 Å². The molecule has 2 aromatic rings. The monoisotopic (exact) mass is 264 g/mol. The Labute approximate surface area is 107 Å². The largest absolute Gasteiger partial charge is 0.380 e. The Kier molecular flexibility index (Phi) is 3.54. The molecular weight excluding hydrogens is 256 g/mol. The van der Waals surface area contributed by atoms with Gasteiger partial charge in [-0.25, -0.2) is 4.63 Å². The number of nitrogen functional groups attached to an aromatic ring is 1. The molecule has 1 aromatic heterocycles.